The molecule has 1 unspecified atom stereocenters. The lowest BCUT2D eigenvalue weighted by atomic mass is 10.2. The fourth-order valence-corrected chi connectivity index (χ4v) is 1.71. The number of carboxylic acid groups (broad SMARTS) is 1. The zero-order valence-electron chi connectivity index (χ0n) is 8.55. The van der Waals surface area contributed by atoms with E-state index in [1.165, 1.54) is 11.9 Å². The van der Waals surface area contributed by atoms with Crippen molar-refractivity contribution in [3.05, 3.63) is 28.7 Å². The summed E-state index contributed by atoms with van der Waals surface area (Å²) in [4.78, 5) is 23.4. The number of halogens is 1. The SMILES string of the molecule is CN(C(=O)C(N)C(=O)O)c1ccccc1Br. The fraction of sp³-hybridized carbons (Fsp3) is 0.200. The van der Waals surface area contributed by atoms with Crippen LogP contribution in [-0.2, 0) is 9.59 Å². The van der Waals surface area contributed by atoms with Crippen LogP contribution in [0.25, 0.3) is 0 Å². The zero-order valence-corrected chi connectivity index (χ0v) is 10.1. The van der Waals surface area contributed by atoms with Crippen molar-refractivity contribution in [3.8, 4) is 0 Å². The second-order valence-electron chi connectivity index (χ2n) is 3.16. The highest BCUT2D eigenvalue weighted by Crippen LogP contribution is 2.24. The minimum Gasteiger partial charge on any atom is -0.480 e. The first-order valence-electron chi connectivity index (χ1n) is 4.45. The average molecular weight is 287 g/mol. The van der Waals surface area contributed by atoms with Gasteiger partial charge in [0, 0.05) is 11.5 Å². The fourth-order valence-electron chi connectivity index (χ4n) is 1.16. The Labute approximate surface area is 101 Å². The molecule has 1 aromatic carbocycles. The van der Waals surface area contributed by atoms with Gasteiger partial charge in [0.15, 0.2) is 6.04 Å². The van der Waals surface area contributed by atoms with Gasteiger partial charge in [0.1, 0.15) is 0 Å². The summed E-state index contributed by atoms with van der Waals surface area (Å²) in [7, 11) is 1.48. The molecule has 0 saturated carbocycles. The van der Waals surface area contributed by atoms with E-state index in [0.29, 0.717) is 10.2 Å². The number of nitrogens with zero attached hydrogens (tertiary/aromatic N) is 1. The topological polar surface area (TPSA) is 83.6 Å². The number of rotatable bonds is 3. The summed E-state index contributed by atoms with van der Waals surface area (Å²) in [6, 6.07) is 5.44. The highest BCUT2D eigenvalue weighted by Gasteiger charge is 2.26. The molecule has 1 atom stereocenters. The Morgan fingerprint density at radius 1 is 1.44 bits per heavy atom. The second kappa shape index (κ2) is 5.09. The van der Waals surface area contributed by atoms with Crippen LogP contribution >= 0.6 is 15.9 Å². The molecular formula is C10H11BrN2O3. The minimum atomic E-state index is -1.54. The Morgan fingerprint density at radius 3 is 2.50 bits per heavy atom. The van der Waals surface area contributed by atoms with E-state index < -0.39 is 17.9 Å². The number of hydrogen-bond acceptors (Lipinski definition) is 3. The Hall–Kier alpha value is -1.40. The van der Waals surface area contributed by atoms with Crippen LogP contribution in [0.5, 0.6) is 0 Å². The van der Waals surface area contributed by atoms with E-state index >= 15 is 0 Å². The van der Waals surface area contributed by atoms with Gasteiger partial charge >= 0.3 is 5.97 Å². The summed E-state index contributed by atoms with van der Waals surface area (Å²) >= 11 is 3.27. The van der Waals surface area contributed by atoms with Gasteiger partial charge in [0.2, 0.25) is 0 Å². The van der Waals surface area contributed by atoms with Gasteiger partial charge in [-0.05, 0) is 28.1 Å². The van der Waals surface area contributed by atoms with Crippen LogP contribution in [0.15, 0.2) is 28.7 Å². The van der Waals surface area contributed by atoms with Gasteiger partial charge < -0.3 is 15.7 Å². The summed E-state index contributed by atoms with van der Waals surface area (Å²) in [5.41, 5.74) is 5.82. The number of carboxylic acids is 1. The number of likely N-dealkylation sites (N-methyl/N-ethyl adjacent to an activating group) is 1. The molecule has 0 aliphatic carbocycles. The van der Waals surface area contributed by atoms with E-state index in [1.54, 1.807) is 24.3 Å². The van der Waals surface area contributed by atoms with Crippen LogP contribution in [-0.4, -0.2) is 30.1 Å². The molecule has 0 saturated heterocycles. The minimum absolute atomic E-state index is 0.573. The average Bonchev–Trinajstić information content (AvgIpc) is 2.26. The van der Waals surface area contributed by atoms with Crippen molar-refractivity contribution in [1.29, 1.82) is 0 Å². The lowest BCUT2D eigenvalue weighted by molar-refractivity contribution is -0.142. The number of nitrogens with two attached hydrogens (primary N) is 1. The Bertz CT molecular complexity index is 422. The number of benzene rings is 1. The number of amides is 1. The number of para-hydroxylation sites is 1. The number of carbonyl (C=O) groups is 2. The van der Waals surface area contributed by atoms with E-state index in [2.05, 4.69) is 15.9 Å². The van der Waals surface area contributed by atoms with Crippen molar-refractivity contribution in [2.45, 2.75) is 6.04 Å². The Balaban J connectivity index is 2.95. The summed E-state index contributed by atoms with van der Waals surface area (Å²) in [6.45, 7) is 0. The summed E-state index contributed by atoms with van der Waals surface area (Å²) in [5, 5.41) is 8.63. The van der Waals surface area contributed by atoms with Gasteiger partial charge in [0.25, 0.3) is 5.91 Å². The molecule has 1 aromatic rings. The van der Waals surface area contributed by atoms with Crippen molar-refractivity contribution in [2.24, 2.45) is 5.73 Å². The molecular weight excluding hydrogens is 276 g/mol. The number of carbonyl (C=O) groups excluding carboxylic acids is 1. The van der Waals surface area contributed by atoms with E-state index in [9.17, 15) is 9.59 Å². The Morgan fingerprint density at radius 2 is 2.00 bits per heavy atom. The molecule has 86 valence electrons. The summed E-state index contributed by atoms with van der Waals surface area (Å²) in [6.07, 6.45) is 0. The first kappa shape index (κ1) is 12.7. The van der Waals surface area contributed by atoms with Gasteiger partial charge in [0.05, 0.1) is 5.69 Å². The maximum atomic E-state index is 11.6. The van der Waals surface area contributed by atoms with Crippen molar-refractivity contribution >= 4 is 33.5 Å². The monoisotopic (exact) mass is 286 g/mol. The first-order valence-corrected chi connectivity index (χ1v) is 5.25. The first-order chi connectivity index (χ1) is 7.45. The molecule has 0 spiro atoms. The van der Waals surface area contributed by atoms with E-state index in [4.69, 9.17) is 10.8 Å². The highest BCUT2D eigenvalue weighted by molar-refractivity contribution is 9.10. The lowest BCUT2D eigenvalue weighted by Crippen LogP contribution is -2.47. The highest BCUT2D eigenvalue weighted by atomic mass is 79.9. The van der Waals surface area contributed by atoms with Crippen molar-refractivity contribution in [3.63, 3.8) is 0 Å². The van der Waals surface area contributed by atoms with Crippen molar-refractivity contribution in [2.75, 3.05) is 11.9 Å². The molecule has 5 nitrogen and oxygen atoms in total. The van der Waals surface area contributed by atoms with Gasteiger partial charge in [-0.3, -0.25) is 4.79 Å². The van der Waals surface area contributed by atoms with Gasteiger partial charge in [-0.15, -0.1) is 0 Å². The third-order valence-corrected chi connectivity index (χ3v) is 2.75. The molecule has 16 heavy (non-hydrogen) atoms. The molecule has 3 N–H and O–H groups in total. The summed E-state index contributed by atoms with van der Waals surface area (Å²) < 4.78 is 0.698. The maximum Gasteiger partial charge on any atom is 0.330 e. The maximum absolute atomic E-state index is 11.6. The van der Waals surface area contributed by atoms with E-state index in [1.807, 2.05) is 0 Å². The molecule has 6 heteroatoms. The van der Waals surface area contributed by atoms with E-state index in [-0.39, 0.29) is 0 Å². The van der Waals surface area contributed by atoms with Crippen LogP contribution in [0.4, 0.5) is 5.69 Å². The van der Waals surface area contributed by atoms with Crippen molar-refractivity contribution in [1.82, 2.24) is 0 Å². The predicted octanol–water partition coefficient (Wildman–Crippen LogP) is 0.824. The molecule has 0 fully saturated rings. The molecule has 1 amide bonds. The third kappa shape index (κ3) is 2.59. The Kier molecular flexibility index (Phi) is 4.03. The molecule has 0 bridgehead atoms. The molecule has 0 heterocycles. The standard InChI is InChI=1S/C10H11BrN2O3/c1-13(9(14)8(12)10(15)16)7-5-3-2-4-6(7)11/h2-5,8H,12H2,1H3,(H,15,16). The predicted molar refractivity (Wildman–Crippen MR) is 63.2 cm³/mol. The van der Waals surface area contributed by atoms with Gasteiger partial charge in [-0.25, -0.2) is 4.79 Å². The number of hydrogen-bond donors (Lipinski definition) is 2. The summed E-state index contributed by atoms with van der Waals surface area (Å²) in [5.74, 6) is -2.01. The van der Waals surface area contributed by atoms with Crippen LogP contribution < -0.4 is 10.6 Å². The van der Waals surface area contributed by atoms with Gasteiger partial charge in [-0.1, -0.05) is 12.1 Å². The second-order valence-corrected chi connectivity index (χ2v) is 4.02. The van der Waals surface area contributed by atoms with Crippen LogP contribution in [0.3, 0.4) is 0 Å². The van der Waals surface area contributed by atoms with Gasteiger partial charge in [-0.2, -0.15) is 0 Å². The van der Waals surface area contributed by atoms with Crippen molar-refractivity contribution < 1.29 is 14.7 Å². The normalized spacial score (nSPS) is 11.9. The number of aliphatic carboxylic acids is 1. The largest absolute Gasteiger partial charge is 0.480 e. The number of anilines is 1. The van der Waals surface area contributed by atoms with Crippen LogP contribution in [0.1, 0.15) is 0 Å². The zero-order chi connectivity index (χ0) is 12.3. The molecule has 0 aliphatic heterocycles. The third-order valence-electron chi connectivity index (χ3n) is 2.08. The lowest BCUT2D eigenvalue weighted by Gasteiger charge is -2.20. The molecule has 0 radical (unpaired) electrons. The molecule has 0 aliphatic rings. The smallest absolute Gasteiger partial charge is 0.330 e. The molecule has 1 rings (SSSR count). The van der Waals surface area contributed by atoms with Crippen LogP contribution in [0.2, 0.25) is 0 Å². The van der Waals surface area contributed by atoms with Crippen LogP contribution in [0, 0.1) is 0 Å². The van der Waals surface area contributed by atoms with E-state index in [0.717, 1.165) is 0 Å². The molecule has 0 aromatic heterocycles. The quantitative estimate of drug-likeness (QED) is 0.806.